The molecule has 1 unspecified atom stereocenters. The smallest absolute Gasteiger partial charge is 0.251 e. The largest absolute Gasteiger partial charge is 0.349 e. The van der Waals surface area contributed by atoms with Crippen LogP contribution < -0.4 is 10.0 Å². The van der Waals surface area contributed by atoms with Crippen LogP contribution in [0.15, 0.2) is 66.3 Å². The SMILES string of the molecule is C=CCNC(=O)c1cccc(S(=O)(=O)NC(CC)c2ccncc2)c1. The first-order valence-corrected chi connectivity index (χ1v) is 9.37. The number of hydrogen-bond donors (Lipinski definition) is 2. The van der Waals surface area contributed by atoms with Gasteiger partial charge in [0.05, 0.1) is 4.90 Å². The number of sulfonamides is 1. The predicted octanol–water partition coefficient (Wildman–Crippen LogP) is 2.43. The Morgan fingerprint density at radius 2 is 2.00 bits per heavy atom. The Morgan fingerprint density at radius 3 is 2.64 bits per heavy atom. The molecule has 1 amide bonds. The van der Waals surface area contributed by atoms with Gasteiger partial charge in [0, 0.05) is 30.5 Å². The molecule has 0 saturated heterocycles. The van der Waals surface area contributed by atoms with Crippen LogP contribution in [-0.4, -0.2) is 25.9 Å². The molecular formula is C18H21N3O3S. The first kappa shape index (κ1) is 18.8. The molecule has 1 heterocycles. The number of carbonyl (C=O) groups excluding carboxylic acids is 1. The summed E-state index contributed by atoms with van der Waals surface area (Å²) in [4.78, 5) is 16.0. The van der Waals surface area contributed by atoms with E-state index >= 15 is 0 Å². The van der Waals surface area contributed by atoms with Gasteiger partial charge in [0.1, 0.15) is 0 Å². The third-order valence-corrected chi connectivity index (χ3v) is 5.10. The van der Waals surface area contributed by atoms with Crippen molar-refractivity contribution in [2.75, 3.05) is 6.54 Å². The number of carbonyl (C=O) groups is 1. The number of hydrogen-bond acceptors (Lipinski definition) is 4. The lowest BCUT2D eigenvalue weighted by Crippen LogP contribution is -2.29. The minimum absolute atomic E-state index is 0.0475. The predicted molar refractivity (Wildman–Crippen MR) is 96.6 cm³/mol. The molecule has 0 aliphatic heterocycles. The molecule has 1 aromatic carbocycles. The first-order valence-electron chi connectivity index (χ1n) is 7.89. The molecule has 1 atom stereocenters. The fourth-order valence-corrected chi connectivity index (χ4v) is 3.66. The van der Waals surface area contributed by atoms with E-state index in [-0.39, 0.29) is 22.4 Å². The summed E-state index contributed by atoms with van der Waals surface area (Å²) in [6.45, 7) is 5.74. The van der Waals surface area contributed by atoms with Crippen LogP contribution in [-0.2, 0) is 10.0 Å². The molecule has 2 aromatic rings. The van der Waals surface area contributed by atoms with E-state index in [9.17, 15) is 13.2 Å². The van der Waals surface area contributed by atoms with E-state index in [1.807, 2.05) is 6.92 Å². The standard InChI is InChI=1S/C18H21N3O3S/c1-3-10-20-18(22)15-6-5-7-16(13-15)25(23,24)21-17(4-2)14-8-11-19-12-9-14/h3,5-9,11-13,17,21H,1,4,10H2,2H3,(H,20,22). The van der Waals surface area contributed by atoms with Gasteiger partial charge < -0.3 is 5.32 Å². The zero-order chi connectivity index (χ0) is 18.3. The molecule has 2 rings (SSSR count). The van der Waals surface area contributed by atoms with Gasteiger partial charge in [0.25, 0.3) is 5.91 Å². The van der Waals surface area contributed by atoms with Crippen molar-refractivity contribution in [2.45, 2.75) is 24.3 Å². The van der Waals surface area contributed by atoms with Gasteiger partial charge in [-0.25, -0.2) is 13.1 Å². The van der Waals surface area contributed by atoms with Gasteiger partial charge in [-0.05, 0) is 42.3 Å². The molecular weight excluding hydrogens is 338 g/mol. The average Bonchev–Trinajstić information content (AvgIpc) is 2.65. The number of pyridine rings is 1. The maximum atomic E-state index is 12.7. The van der Waals surface area contributed by atoms with Crippen LogP contribution >= 0.6 is 0 Å². The van der Waals surface area contributed by atoms with Gasteiger partial charge in [-0.1, -0.05) is 19.1 Å². The highest BCUT2D eigenvalue weighted by Crippen LogP contribution is 2.20. The lowest BCUT2D eigenvalue weighted by atomic mass is 10.1. The molecule has 25 heavy (non-hydrogen) atoms. The number of nitrogens with one attached hydrogen (secondary N) is 2. The molecule has 6 nitrogen and oxygen atoms in total. The Labute approximate surface area is 148 Å². The summed E-state index contributed by atoms with van der Waals surface area (Å²) >= 11 is 0. The van der Waals surface area contributed by atoms with Crippen molar-refractivity contribution in [3.05, 3.63) is 72.6 Å². The van der Waals surface area contributed by atoms with Gasteiger partial charge in [0.2, 0.25) is 10.0 Å². The molecule has 0 spiro atoms. The minimum Gasteiger partial charge on any atom is -0.349 e. The van der Waals surface area contributed by atoms with Crippen LogP contribution in [0.5, 0.6) is 0 Å². The molecule has 0 radical (unpaired) electrons. The molecule has 132 valence electrons. The Balaban J connectivity index is 2.24. The van der Waals surface area contributed by atoms with Crippen LogP contribution in [0.1, 0.15) is 35.3 Å². The minimum atomic E-state index is -3.77. The van der Waals surface area contributed by atoms with Crippen LogP contribution in [0, 0.1) is 0 Å². The van der Waals surface area contributed by atoms with E-state index in [4.69, 9.17) is 0 Å². The van der Waals surface area contributed by atoms with Crippen molar-refractivity contribution >= 4 is 15.9 Å². The van der Waals surface area contributed by atoms with Gasteiger partial charge in [-0.15, -0.1) is 6.58 Å². The average molecular weight is 359 g/mol. The topological polar surface area (TPSA) is 88.2 Å². The van der Waals surface area contributed by atoms with Crippen LogP contribution in [0.2, 0.25) is 0 Å². The molecule has 0 fully saturated rings. The first-order chi connectivity index (χ1) is 12.0. The van der Waals surface area contributed by atoms with Crippen LogP contribution in [0.4, 0.5) is 0 Å². The van der Waals surface area contributed by atoms with Crippen LogP contribution in [0.25, 0.3) is 0 Å². The maximum absolute atomic E-state index is 12.7. The summed E-state index contributed by atoms with van der Waals surface area (Å²) in [6, 6.07) is 9.12. The van der Waals surface area contributed by atoms with E-state index < -0.39 is 10.0 Å². The third kappa shape index (κ3) is 4.98. The van der Waals surface area contributed by atoms with Crippen molar-refractivity contribution in [1.29, 1.82) is 0 Å². The Kier molecular flexibility index (Phi) is 6.44. The van der Waals surface area contributed by atoms with Gasteiger partial charge in [-0.2, -0.15) is 0 Å². The lowest BCUT2D eigenvalue weighted by molar-refractivity contribution is 0.0958. The molecule has 0 bridgehead atoms. The Hall–Kier alpha value is -2.51. The summed E-state index contributed by atoms with van der Waals surface area (Å²) in [6.07, 6.45) is 5.39. The van der Waals surface area contributed by atoms with Crippen molar-refractivity contribution < 1.29 is 13.2 Å². The van der Waals surface area contributed by atoms with Gasteiger partial charge in [-0.3, -0.25) is 9.78 Å². The molecule has 7 heteroatoms. The summed E-state index contributed by atoms with van der Waals surface area (Å²) in [5.74, 6) is -0.349. The Bertz CT molecular complexity index is 836. The highest BCUT2D eigenvalue weighted by Gasteiger charge is 2.21. The number of aromatic nitrogens is 1. The summed E-state index contributed by atoms with van der Waals surface area (Å²) in [7, 11) is -3.77. The Morgan fingerprint density at radius 1 is 1.28 bits per heavy atom. The quantitative estimate of drug-likeness (QED) is 0.709. The van der Waals surface area contributed by atoms with Gasteiger partial charge in [0.15, 0.2) is 0 Å². The van der Waals surface area contributed by atoms with E-state index in [1.165, 1.54) is 12.1 Å². The second-order valence-corrected chi connectivity index (χ2v) is 7.10. The van der Waals surface area contributed by atoms with Gasteiger partial charge >= 0.3 is 0 Å². The van der Waals surface area contributed by atoms with E-state index in [0.29, 0.717) is 13.0 Å². The molecule has 2 N–H and O–H groups in total. The second-order valence-electron chi connectivity index (χ2n) is 5.39. The van der Waals surface area contributed by atoms with Crippen LogP contribution in [0.3, 0.4) is 0 Å². The molecule has 0 aliphatic carbocycles. The number of benzene rings is 1. The van der Waals surface area contributed by atoms with E-state index in [2.05, 4.69) is 21.6 Å². The number of rotatable bonds is 8. The number of amides is 1. The summed E-state index contributed by atoms with van der Waals surface area (Å²) in [5.41, 5.74) is 1.11. The van der Waals surface area contributed by atoms with Crippen molar-refractivity contribution in [2.24, 2.45) is 0 Å². The molecule has 0 saturated carbocycles. The molecule has 1 aromatic heterocycles. The molecule has 0 aliphatic rings. The van der Waals surface area contributed by atoms with E-state index in [1.54, 1.807) is 42.7 Å². The number of nitrogens with zero attached hydrogens (tertiary/aromatic N) is 1. The maximum Gasteiger partial charge on any atom is 0.251 e. The monoisotopic (exact) mass is 359 g/mol. The summed E-state index contributed by atoms with van der Waals surface area (Å²) in [5, 5.41) is 2.63. The zero-order valence-electron chi connectivity index (χ0n) is 14.0. The van der Waals surface area contributed by atoms with Crippen molar-refractivity contribution in [3.63, 3.8) is 0 Å². The highest BCUT2D eigenvalue weighted by atomic mass is 32.2. The fraction of sp³-hybridized carbons (Fsp3) is 0.222. The second kappa shape index (κ2) is 8.55. The normalized spacial score (nSPS) is 12.4. The highest BCUT2D eigenvalue weighted by molar-refractivity contribution is 7.89. The van der Waals surface area contributed by atoms with Crippen molar-refractivity contribution in [1.82, 2.24) is 15.0 Å². The third-order valence-electron chi connectivity index (χ3n) is 3.63. The van der Waals surface area contributed by atoms with Crippen molar-refractivity contribution in [3.8, 4) is 0 Å². The lowest BCUT2D eigenvalue weighted by Gasteiger charge is -2.17. The summed E-state index contributed by atoms with van der Waals surface area (Å²) < 4.78 is 28.1. The van der Waals surface area contributed by atoms with E-state index in [0.717, 1.165) is 5.56 Å². The fourth-order valence-electron chi connectivity index (χ4n) is 2.31. The zero-order valence-corrected chi connectivity index (χ0v) is 14.8.